The minimum Gasteiger partial charge on any atom is -0.478 e. The van der Waals surface area contributed by atoms with Crippen LogP contribution in [0.3, 0.4) is 0 Å². The summed E-state index contributed by atoms with van der Waals surface area (Å²) in [5.74, 6) is -2.16. The van der Waals surface area contributed by atoms with Crippen molar-refractivity contribution in [3.05, 3.63) is 40.0 Å². The molecule has 2 aromatic carbocycles. The second-order valence-electron chi connectivity index (χ2n) is 6.08. The van der Waals surface area contributed by atoms with E-state index in [1.54, 1.807) is 7.05 Å². The fraction of sp³-hybridized carbons (Fsp3) is 0.167. The van der Waals surface area contributed by atoms with E-state index in [1.165, 1.54) is 26.0 Å². The molecule has 0 bridgehead atoms. The van der Waals surface area contributed by atoms with Gasteiger partial charge in [-0.05, 0) is 74.7 Å². The number of phenols is 1. The maximum Gasteiger partial charge on any atom is 0.337 e. The van der Waals surface area contributed by atoms with Crippen LogP contribution < -0.4 is 15.0 Å². The molecule has 1 amide bonds. The van der Waals surface area contributed by atoms with Crippen LogP contribution in [0.4, 0.5) is 11.4 Å². The summed E-state index contributed by atoms with van der Waals surface area (Å²) >= 11 is 0.812. The van der Waals surface area contributed by atoms with Gasteiger partial charge in [-0.25, -0.2) is 4.79 Å². The fourth-order valence-electron chi connectivity index (χ4n) is 2.44. The Kier molecular flexibility index (Phi) is 14.1. The van der Waals surface area contributed by atoms with Gasteiger partial charge in [0, 0.05) is 49.3 Å². The third kappa shape index (κ3) is 8.63. The molecular formula is C18H18AsI3N2NaO8. The number of ketones is 1. The number of rotatable bonds is 5. The SMILES string of the molecule is CC(=O)Nc1cccc([As](=O)(O)O)c1O.CNc1c(I)c(C(C)=O)c(I)c(C(=O)O)c1I.[Na]. The van der Waals surface area contributed by atoms with Gasteiger partial charge in [0.05, 0.1) is 14.8 Å². The number of nitrogens with one attached hydrogen (secondary N) is 2. The van der Waals surface area contributed by atoms with Crippen molar-refractivity contribution in [1.29, 1.82) is 0 Å². The molecule has 15 heteroatoms. The number of aromatic carboxylic acids is 1. The topological polar surface area (TPSA) is 173 Å². The molecule has 0 fully saturated rings. The first-order valence-corrected chi connectivity index (χ1v) is 15.0. The Morgan fingerprint density at radius 1 is 0.970 bits per heavy atom. The summed E-state index contributed by atoms with van der Waals surface area (Å²) in [5, 5.41) is 23.9. The van der Waals surface area contributed by atoms with Crippen LogP contribution in [0.25, 0.3) is 0 Å². The van der Waals surface area contributed by atoms with Gasteiger partial charge >= 0.3 is 94.1 Å². The van der Waals surface area contributed by atoms with E-state index in [4.69, 9.17) is 8.19 Å². The Bertz CT molecular complexity index is 1100. The summed E-state index contributed by atoms with van der Waals surface area (Å²) in [5.41, 5.74) is 1.33. The first-order chi connectivity index (χ1) is 14.6. The average molecular weight is 869 g/mol. The molecule has 0 saturated carbocycles. The van der Waals surface area contributed by atoms with Crippen LogP contribution in [0, 0.1) is 10.7 Å². The summed E-state index contributed by atoms with van der Waals surface area (Å²) in [7, 11) is 1.71. The summed E-state index contributed by atoms with van der Waals surface area (Å²) in [6.45, 7) is 2.67. The van der Waals surface area contributed by atoms with Crippen molar-refractivity contribution in [3.63, 3.8) is 0 Å². The quantitative estimate of drug-likeness (QED) is 0.114. The molecule has 0 aliphatic carbocycles. The Hall–Kier alpha value is 0.118. The van der Waals surface area contributed by atoms with Crippen LogP contribution in [0.1, 0.15) is 34.6 Å². The van der Waals surface area contributed by atoms with E-state index in [0.717, 1.165) is 9.64 Å². The van der Waals surface area contributed by atoms with Gasteiger partial charge in [-0.1, -0.05) is 0 Å². The van der Waals surface area contributed by atoms with Gasteiger partial charge in [-0.3, -0.25) is 4.79 Å². The third-order valence-electron chi connectivity index (χ3n) is 3.77. The van der Waals surface area contributed by atoms with Crippen molar-refractivity contribution in [1.82, 2.24) is 0 Å². The standard InChI is InChI=1S/C10H8I3NO3.C8H10AsNO5.Na/c1-3(15)4-6(11)5(10(16)17)8(13)9(14-2)7(4)12;1-5(11)10-7-4-2-3-6(8(7)12)9(13,14)15;/h14H,1-2H3,(H,16,17);2-4,12H,1H3,(H,10,11)(H2,13,14,15);. The van der Waals surface area contributed by atoms with Crippen molar-refractivity contribution in [2.45, 2.75) is 13.8 Å². The largest absolute Gasteiger partial charge is 0.478 e. The van der Waals surface area contributed by atoms with E-state index in [2.05, 4.69) is 33.2 Å². The van der Waals surface area contributed by atoms with Crippen molar-refractivity contribution in [2.75, 3.05) is 17.7 Å². The van der Waals surface area contributed by atoms with Gasteiger partial charge < -0.3 is 10.4 Å². The molecule has 0 unspecified atom stereocenters. The molecule has 0 atom stereocenters. The summed E-state index contributed by atoms with van der Waals surface area (Å²) in [4.78, 5) is 33.6. The number of benzene rings is 2. The predicted octanol–water partition coefficient (Wildman–Crippen LogP) is 1.97. The number of hydrogen-bond donors (Lipinski definition) is 6. The molecular weight excluding hydrogens is 851 g/mol. The minimum atomic E-state index is -5.15. The monoisotopic (exact) mass is 869 g/mol. The summed E-state index contributed by atoms with van der Waals surface area (Å²) in [6, 6.07) is 3.83. The number of amides is 1. The molecule has 0 aliphatic rings. The molecule has 2 rings (SSSR count). The van der Waals surface area contributed by atoms with Crippen LogP contribution in [0.5, 0.6) is 5.75 Å². The van der Waals surface area contributed by atoms with Crippen molar-refractivity contribution < 1.29 is 36.5 Å². The third-order valence-corrected chi connectivity index (χ3v) is 9.08. The van der Waals surface area contributed by atoms with Gasteiger partial charge in [-0.2, -0.15) is 0 Å². The van der Waals surface area contributed by atoms with E-state index < -0.39 is 36.1 Å². The molecule has 0 heterocycles. The van der Waals surface area contributed by atoms with Crippen LogP contribution >= 0.6 is 67.8 Å². The molecule has 1 radical (unpaired) electrons. The number of halogens is 3. The minimum absolute atomic E-state index is 0. The number of phenolic OH excluding ortho intramolecular Hbond substituents is 1. The number of anilines is 2. The van der Waals surface area contributed by atoms with E-state index in [-0.39, 0.29) is 46.6 Å². The molecule has 10 nitrogen and oxygen atoms in total. The molecule has 0 aromatic heterocycles. The van der Waals surface area contributed by atoms with Gasteiger partial charge in [0.2, 0.25) is 0 Å². The molecule has 0 spiro atoms. The van der Waals surface area contributed by atoms with Crippen LogP contribution in [-0.4, -0.2) is 86.8 Å². The zero-order chi connectivity index (χ0) is 25.0. The number of Topliss-reactive ketones (excluding diaryl/α,β-unsaturated/α-hetero) is 1. The maximum absolute atomic E-state index is 11.6. The van der Waals surface area contributed by atoms with E-state index >= 15 is 0 Å². The first-order valence-electron chi connectivity index (χ1n) is 8.43. The molecule has 33 heavy (non-hydrogen) atoms. The number of carboxylic acids is 1. The molecule has 0 saturated heterocycles. The van der Waals surface area contributed by atoms with Gasteiger partial charge in [-0.15, -0.1) is 0 Å². The molecule has 6 N–H and O–H groups in total. The zero-order valence-electron chi connectivity index (χ0n) is 17.7. The second-order valence-corrected chi connectivity index (χ2v) is 12.6. The number of carbonyl (C=O) groups excluding carboxylic acids is 2. The number of hydrogen-bond acceptors (Lipinski definition) is 6. The van der Waals surface area contributed by atoms with Crippen LogP contribution in [0.2, 0.25) is 0 Å². The maximum atomic E-state index is 11.6. The molecule has 0 aliphatic heterocycles. The van der Waals surface area contributed by atoms with Crippen LogP contribution in [-0.2, 0) is 8.53 Å². The average Bonchev–Trinajstić information content (AvgIpc) is 2.62. The summed E-state index contributed by atoms with van der Waals surface area (Å²) < 4.78 is 30.3. The number of carboxylic acid groups (broad SMARTS) is 1. The van der Waals surface area contributed by atoms with Crippen molar-refractivity contribution in [3.8, 4) is 5.75 Å². The van der Waals surface area contributed by atoms with Crippen molar-refractivity contribution in [2.24, 2.45) is 0 Å². The van der Waals surface area contributed by atoms with Gasteiger partial charge in [0.25, 0.3) is 0 Å². The normalized spacial score (nSPS) is 10.3. The van der Waals surface area contributed by atoms with Crippen molar-refractivity contribution >= 4 is 145 Å². The van der Waals surface area contributed by atoms with E-state index in [1.807, 2.05) is 45.2 Å². The number of aromatic hydroxyl groups is 1. The Morgan fingerprint density at radius 3 is 1.88 bits per heavy atom. The Balaban J connectivity index is 0.000000607. The zero-order valence-corrected chi connectivity index (χ0v) is 28.1. The Labute approximate surface area is 255 Å². The number of para-hydroxylation sites is 1. The van der Waals surface area contributed by atoms with E-state index in [0.29, 0.717) is 18.4 Å². The smallest absolute Gasteiger partial charge is 0.337 e. The number of carbonyl (C=O) groups is 3. The van der Waals surface area contributed by atoms with Gasteiger partial charge in [0.1, 0.15) is 0 Å². The Morgan fingerprint density at radius 2 is 1.48 bits per heavy atom. The van der Waals surface area contributed by atoms with Gasteiger partial charge in [0.15, 0.2) is 5.78 Å². The molecule has 2 aromatic rings. The second kappa shape index (κ2) is 14.0. The molecule has 175 valence electrons. The van der Waals surface area contributed by atoms with Crippen LogP contribution in [0.15, 0.2) is 18.2 Å². The summed E-state index contributed by atoms with van der Waals surface area (Å²) in [6.07, 6.45) is 0. The fourth-order valence-corrected chi connectivity index (χ4v) is 8.78. The van der Waals surface area contributed by atoms with E-state index in [9.17, 15) is 28.3 Å². The first kappa shape index (κ1) is 33.1. The predicted molar refractivity (Wildman–Crippen MR) is 150 cm³/mol.